The first-order valence-electron chi connectivity index (χ1n) is 15.6. The van der Waals surface area contributed by atoms with Gasteiger partial charge >= 0.3 is 0 Å². The van der Waals surface area contributed by atoms with Crippen LogP contribution in [0.2, 0.25) is 0 Å². The number of rotatable bonds is 3. The Morgan fingerprint density at radius 1 is 0.349 bits per heavy atom. The van der Waals surface area contributed by atoms with E-state index in [0.29, 0.717) is 12.1 Å². The molecule has 9 rings (SSSR count). The molecule has 0 aliphatic carbocycles. The Labute approximate surface area is 256 Å². The lowest BCUT2D eigenvalue weighted by atomic mass is 9.85. The summed E-state index contributed by atoms with van der Waals surface area (Å²) < 4.78 is 18.5. The molecule has 0 bridgehead atoms. The monoisotopic (exact) mass is 564 g/mol. The molecule has 0 atom stereocenters. The highest BCUT2D eigenvalue weighted by atomic mass is 32.1. The lowest BCUT2D eigenvalue weighted by Gasteiger charge is -2.18. The van der Waals surface area contributed by atoms with Crippen LogP contribution in [0.1, 0.15) is 2.74 Å². The Bertz CT molecular complexity index is 2570. The molecule has 9 aromatic rings. The normalized spacial score (nSPS) is 12.4. The zero-order valence-electron chi connectivity index (χ0n) is 25.3. The molecule has 0 saturated carbocycles. The molecule has 1 aromatic heterocycles. The summed E-state index contributed by atoms with van der Waals surface area (Å²) in [5.74, 6) is 0. The van der Waals surface area contributed by atoms with Gasteiger partial charge in [0.1, 0.15) is 0 Å². The van der Waals surface area contributed by atoms with Crippen LogP contribution in [0.25, 0.3) is 85.9 Å². The molecule has 0 aliphatic heterocycles. The van der Waals surface area contributed by atoms with Gasteiger partial charge in [-0.3, -0.25) is 0 Å². The SMILES string of the molecule is [2H]c1ccc2cc(-c3cccc(-c4c5ccccc5c(-c5ccc6sc7cc([2H])ccc7c6c5)c5ccccc45)c3)ccc2c1. The van der Waals surface area contributed by atoms with Gasteiger partial charge in [0, 0.05) is 20.2 Å². The third kappa shape index (κ3) is 3.90. The minimum absolute atomic E-state index is 0.533. The minimum atomic E-state index is 0.533. The van der Waals surface area contributed by atoms with Crippen LogP contribution in [-0.4, -0.2) is 0 Å². The van der Waals surface area contributed by atoms with E-state index in [1.807, 2.05) is 30.3 Å². The molecule has 0 radical (unpaired) electrons. The summed E-state index contributed by atoms with van der Waals surface area (Å²) in [6, 6.07) is 52.7. The minimum Gasteiger partial charge on any atom is -0.135 e. The van der Waals surface area contributed by atoms with Gasteiger partial charge in [-0.25, -0.2) is 0 Å². The maximum absolute atomic E-state index is 8.10. The zero-order chi connectivity index (χ0) is 30.1. The second-order valence-corrected chi connectivity index (χ2v) is 12.2. The molecule has 0 saturated heterocycles. The van der Waals surface area contributed by atoms with E-state index < -0.39 is 0 Å². The van der Waals surface area contributed by atoms with Gasteiger partial charge in [0.05, 0.1) is 2.74 Å². The largest absolute Gasteiger partial charge is 0.135 e. The average molecular weight is 565 g/mol. The van der Waals surface area contributed by atoms with Crippen LogP contribution >= 0.6 is 11.3 Å². The van der Waals surface area contributed by atoms with E-state index >= 15 is 0 Å². The molecule has 43 heavy (non-hydrogen) atoms. The lowest BCUT2D eigenvalue weighted by molar-refractivity contribution is 1.63. The van der Waals surface area contributed by atoms with Crippen molar-refractivity contribution in [3.05, 3.63) is 158 Å². The van der Waals surface area contributed by atoms with Crippen LogP contribution in [0.4, 0.5) is 0 Å². The highest BCUT2D eigenvalue weighted by Crippen LogP contribution is 2.45. The summed E-state index contributed by atoms with van der Waals surface area (Å²) in [5.41, 5.74) is 7.24. The van der Waals surface area contributed by atoms with Gasteiger partial charge in [-0.1, -0.05) is 127 Å². The van der Waals surface area contributed by atoms with Crippen molar-refractivity contribution in [1.29, 1.82) is 0 Å². The summed E-state index contributed by atoms with van der Waals surface area (Å²) in [6.07, 6.45) is 0. The first-order valence-corrected chi connectivity index (χ1v) is 15.4. The summed E-state index contributed by atoms with van der Waals surface area (Å²) >= 11 is 1.76. The molecule has 8 aromatic carbocycles. The Kier molecular flexibility index (Phi) is 5.03. The molecule has 1 heteroatoms. The van der Waals surface area contributed by atoms with Crippen molar-refractivity contribution < 1.29 is 2.74 Å². The van der Waals surface area contributed by atoms with Crippen molar-refractivity contribution in [2.24, 2.45) is 0 Å². The van der Waals surface area contributed by atoms with Gasteiger partial charge < -0.3 is 0 Å². The van der Waals surface area contributed by atoms with E-state index in [1.54, 1.807) is 11.3 Å². The maximum atomic E-state index is 8.10. The summed E-state index contributed by atoms with van der Waals surface area (Å²) in [6.45, 7) is 0. The molecule has 0 spiro atoms. The van der Waals surface area contributed by atoms with Gasteiger partial charge in [0.15, 0.2) is 0 Å². The molecule has 0 amide bonds. The van der Waals surface area contributed by atoms with Crippen LogP contribution in [0.15, 0.2) is 158 Å². The van der Waals surface area contributed by atoms with Crippen molar-refractivity contribution in [3.8, 4) is 33.4 Å². The Morgan fingerprint density at radius 2 is 0.930 bits per heavy atom. The van der Waals surface area contributed by atoms with E-state index in [9.17, 15) is 0 Å². The predicted octanol–water partition coefficient (Wildman–Crippen LogP) is 12.5. The van der Waals surface area contributed by atoms with Crippen LogP contribution in [0, 0.1) is 0 Å². The average Bonchev–Trinajstić information content (AvgIpc) is 3.43. The fourth-order valence-corrected chi connectivity index (χ4v) is 7.80. The quantitative estimate of drug-likeness (QED) is 0.187. The van der Waals surface area contributed by atoms with Gasteiger partial charge in [-0.05, 0) is 96.0 Å². The topological polar surface area (TPSA) is 0 Å². The molecular weight excluding hydrogens is 537 g/mol. The number of hydrogen-bond acceptors (Lipinski definition) is 1. The van der Waals surface area contributed by atoms with E-state index in [4.69, 9.17) is 2.74 Å². The van der Waals surface area contributed by atoms with Crippen molar-refractivity contribution in [2.75, 3.05) is 0 Å². The second kappa shape index (κ2) is 9.66. The Morgan fingerprint density at radius 3 is 1.70 bits per heavy atom. The molecule has 0 unspecified atom stereocenters. The fourth-order valence-electron chi connectivity index (χ4n) is 6.74. The Hall–Kier alpha value is -5.24. The number of benzene rings is 8. The molecule has 0 aliphatic rings. The van der Waals surface area contributed by atoms with Crippen LogP contribution in [-0.2, 0) is 0 Å². The van der Waals surface area contributed by atoms with E-state index in [2.05, 4.69) is 115 Å². The molecule has 0 N–H and O–H groups in total. The van der Waals surface area contributed by atoms with Crippen LogP contribution < -0.4 is 0 Å². The molecule has 0 nitrogen and oxygen atoms in total. The number of hydrogen-bond donors (Lipinski definition) is 0. The fraction of sp³-hybridized carbons (Fsp3) is 0. The smallest absolute Gasteiger partial charge is 0.0623 e. The third-order valence-corrected chi connectivity index (χ3v) is 9.84. The Balaban J connectivity index is 1.28. The number of thiophene rings is 1. The highest BCUT2D eigenvalue weighted by molar-refractivity contribution is 7.25. The number of fused-ring (bicyclic) bond motifs is 6. The standard InChI is InChI=1S/C42H26S/c1-2-11-28-24-30(21-20-27(28)10-1)29-12-9-13-31(25-29)41-34-15-3-5-17-36(34)42(37-18-6-4-16-35(37)41)32-22-23-40-38(26-32)33-14-7-8-19-39(33)43-40/h1-26H/i1D,8D. The van der Waals surface area contributed by atoms with Gasteiger partial charge in [0.25, 0.3) is 0 Å². The van der Waals surface area contributed by atoms with Crippen LogP contribution in [0.5, 0.6) is 0 Å². The van der Waals surface area contributed by atoms with Crippen LogP contribution in [0.3, 0.4) is 0 Å². The summed E-state index contributed by atoms with van der Waals surface area (Å²) in [4.78, 5) is 0. The van der Waals surface area contributed by atoms with Crippen molar-refractivity contribution in [1.82, 2.24) is 0 Å². The van der Waals surface area contributed by atoms with E-state index in [-0.39, 0.29) is 0 Å². The van der Waals surface area contributed by atoms with Crippen molar-refractivity contribution in [3.63, 3.8) is 0 Å². The predicted molar refractivity (Wildman–Crippen MR) is 188 cm³/mol. The summed E-state index contributed by atoms with van der Waals surface area (Å²) in [7, 11) is 0. The van der Waals surface area contributed by atoms with E-state index in [0.717, 1.165) is 15.5 Å². The van der Waals surface area contributed by atoms with Gasteiger partial charge in [0.2, 0.25) is 0 Å². The third-order valence-electron chi connectivity index (χ3n) is 8.71. The zero-order valence-corrected chi connectivity index (χ0v) is 24.1. The molecule has 1 heterocycles. The van der Waals surface area contributed by atoms with Gasteiger partial charge in [-0.15, -0.1) is 11.3 Å². The lowest BCUT2D eigenvalue weighted by Crippen LogP contribution is -1.91. The van der Waals surface area contributed by atoms with E-state index in [1.165, 1.54) is 70.4 Å². The maximum Gasteiger partial charge on any atom is 0.0623 e. The molecule has 200 valence electrons. The second-order valence-electron chi connectivity index (χ2n) is 11.1. The molecule has 0 fully saturated rings. The highest BCUT2D eigenvalue weighted by Gasteiger charge is 2.17. The van der Waals surface area contributed by atoms with Crippen molar-refractivity contribution >= 4 is 63.8 Å². The van der Waals surface area contributed by atoms with Crippen molar-refractivity contribution in [2.45, 2.75) is 0 Å². The van der Waals surface area contributed by atoms with Gasteiger partial charge in [-0.2, -0.15) is 0 Å². The molecular formula is C42H26S. The first-order chi connectivity index (χ1) is 22.1. The first kappa shape index (κ1) is 22.4. The summed E-state index contributed by atoms with van der Waals surface area (Å²) in [5, 5.41) is 9.63.